The lowest BCUT2D eigenvalue weighted by atomic mass is 10.1. The van der Waals surface area contributed by atoms with E-state index in [-0.39, 0.29) is 5.91 Å². The summed E-state index contributed by atoms with van der Waals surface area (Å²) < 4.78 is 6.69. The van der Waals surface area contributed by atoms with Crippen LogP contribution in [0.5, 0.6) is 5.75 Å². The Labute approximate surface area is 158 Å². The topological polar surface area (TPSA) is 50.4 Å². The van der Waals surface area contributed by atoms with E-state index in [0.717, 1.165) is 27.2 Å². The Morgan fingerprint density at radius 1 is 1.16 bits per heavy atom. The first-order valence-electron chi connectivity index (χ1n) is 8.53. The van der Waals surface area contributed by atoms with Crippen LogP contribution in [0.2, 0.25) is 0 Å². The molecule has 5 heteroatoms. The summed E-state index contributed by atoms with van der Waals surface area (Å²) in [6.07, 6.45) is 0.521. The fourth-order valence-electron chi connectivity index (χ4n) is 2.47. The largest absolute Gasteiger partial charge is 0.494 e. The van der Waals surface area contributed by atoms with Gasteiger partial charge in [-0.05, 0) is 49.2 Å². The third kappa shape index (κ3) is 6.42. The Hall–Kier alpha value is -2.01. The van der Waals surface area contributed by atoms with Gasteiger partial charge in [-0.2, -0.15) is 0 Å². The maximum atomic E-state index is 11.9. The summed E-state index contributed by atoms with van der Waals surface area (Å²) in [6, 6.07) is 13.7. The van der Waals surface area contributed by atoms with Gasteiger partial charge in [0.2, 0.25) is 5.91 Å². The van der Waals surface area contributed by atoms with E-state index in [2.05, 4.69) is 26.6 Å². The highest BCUT2D eigenvalue weighted by molar-refractivity contribution is 9.10. The van der Waals surface area contributed by atoms with Crippen molar-refractivity contribution in [2.24, 2.45) is 5.92 Å². The minimum atomic E-state index is 0.0396. The number of hydrogen-bond donors (Lipinski definition) is 2. The predicted molar refractivity (Wildman–Crippen MR) is 107 cm³/mol. The molecule has 2 rings (SSSR count). The van der Waals surface area contributed by atoms with E-state index in [1.54, 1.807) is 0 Å². The number of amides is 1. The van der Waals surface area contributed by atoms with Gasteiger partial charge in [0.05, 0.1) is 6.61 Å². The van der Waals surface area contributed by atoms with Crippen LogP contribution in [-0.2, 0) is 11.3 Å². The van der Waals surface area contributed by atoms with Gasteiger partial charge in [0.15, 0.2) is 0 Å². The first-order valence-corrected chi connectivity index (χ1v) is 9.32. The molecule has 4 nitrogen and oxygen atoms in total. The predicted octanol–water partition coefficient (Wildman–Crippen LogP) is 5.44. The molecule has 0 atom stereocenters. The number of rotatable bonds is 8. The van der Waals surface area contributed by atoms with Crippen LogP contribution in [0.4, 0.5) is 11.4 Å². The van der Waals surface area contributed by atoms with Crippen LogP contribution in [0.1, 0.15) is 32.8 Å². The summed E-state index contributed by atoms with van der Waals surface area (Å²) in [5.41, 5.74) is 2.82. The zero-order chi connectivity index (χ0) is 18.2. The van der Waals surface area contributed by atoms with E-state index in [1.807, 2.05) is 63.2 Å². The average molecular weight is 405 g/mol. The molecule has 0 aliphatic heterocycles. The molecule has 0 heterocycles. The third-order valence-electron chi connectivity index (χ3n) is 3.55. The van der Waals surface area contributed by atoms with Crippen molar-refractivity contribution in [3.8, 4) is 5.75 Å². The van der Waals surface area contributed by atoms with Crippen LogP contribution < -0.4 is 15.4 Å². The second kappa shape index (κ2) is 9.47. The van der Waals surface area contributed by atoms with Crippen molar-refractivity contribution in [3.63, 3.8) is 0 Å². The summed E-state index contributed by atoms with van der Waals surface area (Å²) in [5, 5.41) is 6.33. The van der Waals surface area contributed by atoms with Crippen molar-refractivity contribution in [2.75, 3.05) is 17.2 Å². The van der Waals surface area contributed by atoms with E-state index < -0.39 is 0 Å². The monoisotopic (exact) mass is 404 g/mol. The van der Waals surface area contributed by atoms with Gasteiger partial charge in [0, 0.05) is 34.4 Å². The fraction of sp³-hybridized carbons (Fsp3) is 0.350. The highest BCUT2D eigenvalue weighted by Crippen LogP contribution is 2.25. The summed E-state index contributed by atoms with van der Waals surface area (Å²) in [6.45, 7) is 7.31. The zero-order valence-electron chi connectivity index (χ0n) is 14.9. The molecule has 134 valence electrons. The molecule has 2 N–H and O–H groups in total. The lowest BCUT2D eigenvalue weighted by Gasteiger charge is -2.13. The Morgan fingerprint density at radius 2 is 1.92 bits per heavy atom. The fourth-order valence-corrected chi connectivity index (χ4v) is 2.88. The number of benzene rings is 2. The first kappa shape index (κ1) is 19.3. The van der Waals surface area contributed by atoms with Crippen LogP contribution in [-0.4, -0.2) is 12.5 Å². The lowest BCUT2D eigenvalue weighted by Crippen LogP contribution is -2.14. The van der Waals surface area contributed by atoms with Crippen LogP contribution in [0.25, 0.3) is 0 Å². The molecular weight excluding hydrogens is 380 g/mol. The molecule has 0 saturated heterocycles. The molecule has 0 saturated carbocycles. The molecule has 0 aliphatic rings. The highest BCUT2D eigenvalue weighted by Gasteiger charge is 2.07. The molecule has 0 unspecified atom stereocenters. The summed E-state index contributed by atoms with van der Waals surface area (Å²) in [7, 11) is 0. The summed E-state index contributed by atoms with van der Waals surface area (Å²) >= 11 is 3.50. The van der Waals surface area contributed by atoms with Crippen molar-refractivity contribution in [2.45, 2.75) is 33.7 Å². The van der Waals surface area contributed by atoms with E-state index in [4.69, 9.17) is 4.74 Å². The van der Waals surface area contributed by atoms with Gasteiger partial charge in [-0.1, -0.05) is 35.8 Å². The Morgan fingerprint density at radius 3 is 2.64 bits per heavy atom. The Balaban J connectivity index is 2.03. The van der Waals surface area contributed by atoms with Crippen molar-refractivity contribution in [1.29, 1.82) is 0 Å². The van der Waals surface area contributed by atoms with E-state index >= 15 is 0 Å². The molecule has 0 radical (unpaired) electrons. The Bertz CT molecular complexity index is 717. The molecule has 0 aromatic heterocycles. The molecular formula is C20H25BrN2O2. The van der Waals surface area contributed by atoms with Crippen molar-refractivity contribution < 1.29 is 9.53 Å². The van der Waals surface area contributed by atoms with Gasteiger partial charge in [0.25, 0.3) is 0 Å². The number of anilines is 2. The number of carbonyl (C=O) groups is 1. The van der Waals surface area contributed by atoms with Crippen LogP contribution in [0.15, 0.2) is 46.9 Å². The van der Waals surface area contributed by atoms with E-state index in [0.29, 0.717) is 25.5 Å². The zero-order valence-corrected chi connectivity index (χ0v) is 16.5. The quantitative estimate of drug-likeness (QED) is 0.615. The van der Waals surface area contributed by atoms with Gasteiger partial charge in [-0.3, -0.25) is 4.79 Å². The normalized spacial score (nSPS) is 10.6. The number of hydrogen-bond acceptors (Lipinski definition) is 3. The van der Waals surface area contributed by atoms with Gasteiger partial charge >= 0.3 is 0 Å². The maximum Gasteiger partial charge on any atom is 0.224 e. The van der Waals surface area contributed by atoms with Crippen molar-refractivity contribution in [1.82, 2.24) is 0 Å². The average Bonchev–Trinajstić information content (AvgIpc) is 2.54. The van der Waals surface area contributed by atoms with Crippen LogP contribution >= 0.6 is 15.9 Å². The summed E-state index contributed by atoms with van der Waals surface area (Å²) in [5.74, 6) is 1.26. The highest BCUT2D eigenvalue weighted by atomic mass is 79.9. The molecule has 25 heavy (non-hydrogen) atoms. The standard InChI is InChI=1S/C20H25BrN2O2/c1-4-25-19-9-8-16(21)11-15(19)13-22-17-6-5-7-18(12-17)23-20(24)10-14(2)3/h5-9,11-12,14,22H,4,10,13H2,1-3H3,(H,23,24). The second-order valence-corrected chi connectivity index (χ2v) is 7.18. The van der Waals surface area contributed by atoms with Gasteiger partial charge < -0.3 is 15.4 Å². The number of halogens is 1. The molecule has 0 fully saturated rings. The first-order chi connectivity index (χ1) is 12.0. The molecule has 0 aliphatic carbocycles. The molecule has 2 aromatic carbocycles. The molecule has 2 aromatic rings. The van der Waals surface area contributed by atoms with Gasteiger partial charge in [0.1, 0.15) is 5.75 Å². The van der Waals surface area contributed by atoms with Crippen LogP contribution in [0, 0.1) is 5.92 Å². The lowest BCUT2D eigenvalue weighted by molar-refractivity contribution is -0.116. The number of nitrogens with one attached hydrogen (secondary N) is 2. The second-order valence-electron chi connectivity index (χ2n) is 6.27. The number of carbonyl (C=O) groups excluding carboxylic acids is 1. The maximum absolute atomic E-state index is 11.9. The van der Waals surface area contributed by atoms with Crippen molar-refractivity contribution in [3.05, 3.63) is 52.5 Å². The minimum absolute atomic E-state index is 0.0396. The van der Waals surface area contributed by atoms with Crippen molar-refractivity contribution >= 4 is 33.2 Å². The van der Waals surface area contributed by atoms with Gasteiger partial charge in [-0.15, -0.1) is 0 Å². The Kier molecular flexibility index (Phi) is 7.31. The molecule has 0 bridgehead atoms. The van der Waals surface area contributed by atoms with E-state index in [9.17, 15) is 4.79 Å². The summed E-state index contributed by atoms with van der Waals surface area (Å²) in [4.78, 5) is 11.9. The molecule has 1 amide bonds. The van der Waals surface area contributed by atoms with Gasteiger partial charge in [-0.25, -0.2) is 0 Å². The molecule has 0 spiro atoms. The SMILES string of the molecule is CCOc1ccc(Br)cc1CNc1cccc(NC(=O)CC(C)C)c1. The minimum Gasteiger partial charge on any atom is -0.494 e. The number of ether oxygens (including phenoxy) is 1. The smallest absolute Gasteiger partial charge is 0.224 e. The van der Waals surface area contributed by atoms with Crippen LogP contribution in [0.3, 0.4) is 0 Å². The third-order valence-corrected chi connectivity index (χ3v) is 4.04. The van der Waals surface area contributed by atoms with E-state index in [1.165, 1.54) is 0 Å².